The van der Waals surface area contributed by atoms with Crippen LogP contribution in [0.1, 0.15) is 27.7 Å². The normalized spacial score (nSPS) is 30.5. The highest BCUT2D eigenvalue weighted by atomic mass is 32.2. The van der Waals surface area contributed by atoms with Crippen LogP contribution < -0.4 is 0 Å². The zero-order valence-corrected chi connectivity index (χ0v) is 10.9. The van der Waals surface area contributed by atoms with Gasteiger partial charge in [-0.25, -0.2) is 8.42 Å². The monoisotopic (exact) mass is 244 g/mol. The molecule has 0 unspecified atom stereocenters. The first-order valence-corrected chi connectivity index (χ1v) is 7.20. The summed E-state index contributed by atoms with van der Waals surface area (Å²) in [5.74, 6) is 0.163. The Balaban J connectivity index is 2.17. The SMILES string of the molecule is CC1(C)OB(C2=CCS(=O)(=O)C2)OC1(C)C. The van der Waals surface area contributed by atoms with Gasteiger partial charge in [0.2, 0.25) is 0 Å². The largest absolute Gasteiger partial charge is 0.491 e. The first-order valence-electron chi connectivity index (χ1n) is 5.38. The van der Waals surface area contributed by atoms with Crippen molar-refractivity contribution in [2.45, 2.75) is 38.9 Å². The first kappa shape index (κ1) is 12.1. The van der Waals surface area contributed by atoms with E-state index in [2.05, 4.69) is 0 Å². The van der Waals surface area contributed by atoms with Crippen LogP contribution in [-0.4, -0.2) is 38.2 Å². The molecule has 2 aliphatic rings. The van der Waals surface area contributed by atoms with Gasteiger partial charge in [-0.1, -0.05) is 6.08 Å². The van der Waals surface area contributed by atoms with E-state index in [1.807, 2.05) is 27.7 Å². The van der Waals surface area contributed by atoms with Crippen LogP contribution in [0, 0.1) is 0 Å². The van der Waals surface area contributed by atoms with E-state index < -0.39 is 28.2 Å². The molecule has 6 heteroatoms. The van der Waals surface area contributed by atoms with Crippen LogP contribution in [0.3, 0.4) is 0 Å². The molecule has 0 radical (unpaired) electrons. The van der Waals surface area contributed by atoms with Gasteiger partial charge in [-0.3, -0.25) is 0 Å². The Hall–Kier alpha value is -0.325. The van der Waals surface area contributed by atoms with E-state index in [-0.39, 0.29) is 11.5 Å². The van der Waals surface area contributed by atoms with Crippen LogP contribution in [-0.2, 0) is 19.1 Å². The minimum Gasteiger partial charge on any atom is -0.400 e. The van der Waals surface area contributed by atoms with Crippen molar-refractivity contribution < 1.29 is 17.7 Å². The van der Waals surface area contributed by atoms with Crippen LogP contribution in [0.15, 0.2) is 11.5 Å². The summed E-state index contributed by atoms with van der Waals surface area (Å²) in [6, 6.07) is 0. The van der Waals surface area contributed by atoms with E-state index in [4.69, 9.17) is 9.31 Å². The van der Waals surface area contributed by atoms with Crippen molar-refractivity contribution in [1.82, 2.24) is 0 Å². The Labute approximate surface area is 97.1 Å². The third kappa shape index (κ3) is 1.94. The quantitative estimate of drug-likeness (QED) is 0.645. The van der Waals surface area contributed by atoms with Gasteiger partial charge in [-0.15, -0.1) is 0 Å². The van der Waals surface area contributed by atoms with Crippen LogP contribution in [0.5, 0.6) is 0 Å². The Bertz CT molecular complexity index is 420. The summed E-state index contributed by atoms with van der Waals surface area (Å²) >= 11 is 0. The third-order valence-corrected chi connectivity index (χ3v) is 4.99. The fourth-order valence-electron chi connectivity index (χ4n) is 1.76. The molecule has 1 saturated heterocycles. The van der Waals surface area contributed by atoms with Crippen molar-refractivity contribution in [3.8, 4) is 0 Å². The minimum atomic E-state index is -2.96. The molecule has 1 fully saturated rings. The second-order valence-corrected chi connectivity index (χ2v) is 7.53. The second-order valence-electron chi connectivity index (χ2n) is 5.42. The van der Waals surface area contributed by atoms with Crippen molar-refractivity contribution in [1.29, 1.82) is 0 Å². The molecule has 0 bridgehead atoms. The molecule has 0 aromatic carbocycles. The number of hydrogen-bond acceptors (Lipinski definition) is 4. The van der Waals surface area contributed by atoms with Gasteiger partial charge in [0.1, 0.15) is 0 Å². The maximum Gasteiger partial charge on any atom is 0.491 e. The Morgan fingerprint density at radius 3 is 2.06 bits per heavy atom. The van der Waals surface area contributed by atoms with Gasteiger partial charge in [0.15, 0.2) is 9.84 Å². The highest BCUT2D eigenvalue weighted by Crippen LogP contribution is 2.39. The van der Waals surface area contributed by atoms with E-state index >= 15 is 0 Å². The zero-order valence-electron chi connectivity index (χ0n) is 10.1. The summed E-state index contributed by atoms with van der Waals surface area (Å²) < 4.78 is 34.3. The number of sulfone groups is 1. The van der Waals surface area contributed by atoms with Gasteiger partial charge >= 0.3 is 7.12 Å². The smallest absolute Gasteiger partial charge is 0.400 e. The van der Waals surface area contributed by atoms with Gasteiger partial charge in [0, 0.05) is 0 Å². The summed E-state index contributed by atoms with van der Waals surface area (Å²) in [4.78, 5) is 0. The van der Waals surface area contributed by atoms with Crippen molar-refractivity contribution in [2.24, 2.45) is 0 Å². The Morgan fingerprint density at radius 2 is 1.69 bits per heavy atom. The van der Waals surface area contributed by atoms with Crippen LogP contribution in [0.25, 0.3) is 0 Å². The molecule has 2 heterocycles. The second kappa shape index (κ2) is 3.34. The molecular formula is C10H17BO4S. The molecule has 0 spiro atoms. The summed E-state index contributed by atoms with van der Waals surface area (Å²) in [6.45, 7) is 7.82. The van der Waals surface area contributed by atoms with E-state index in [9.17, 15) is 8.42 Å². The lowest BCUT2D eigenvalue weighted by Crippen LogP contribution is -2.41. The van der Waals surface area contributed by atoms with Crippen molar-refractivity contribution >= 4 is 17.0 Å². The molecule has 0 N–H and O–H groups in total. The molecule has 90 valence electrons. The van der Waals surface area contributed by atoms with Crippen LogP contribution >= 0.6 is 0 Å². The molecule has 0 aromatic heterocycles. The zero-order chi connectivity index (χ0) is 12.2. The first-order chi connectivity index (χ1) is 7.13. The molecule has 4 nitrogen and oxygen atoms in total. The molecule has 0 aliphatic carbocycles. The maximum absolute atomic E-state index is 11.4. The average molecular weight is 244 g/mol. The van der Waals surface area contributed by atoms with Crippen LogP contribution in [0.2, 0.25) is 0 Å². The average Bonchev–Trinajstić information content (AvgIpc) is 2.52. The molecular weight excluding hydrogens is 227 g/mol. The van der Waals surface area contributed by atoms with Crippen molar-refractivity contribution in [2.75, 3.05) is 11.5 Å². The minimum absolute atomic E-state index is 0.0594. The molecule has 16 heavy (non-hydrogen) atoms. The molecule has 0 aromatic rings. The molecule has 0 saturated carbocycles. The lowest BCUT2D eigenvalue weighted by atomic mass is 9.79. The highest BCUT2D eigenvalue weighted by molar-refractivity contribution is 7.92. The number of hydrogen-bond donors (Lipinski definition) is 0. The highest BCUT2D eigenvalue weighted by Gasteiger charge is 2.53. The van der Waals surface area contributed by atoms with Crippen molar-refractivity contribution in [3.05, 3.63) is 11.5 Å². The van der Waals surface area contributed by atoms with Gasteiger partial charge in [0.05, 0.1) is 22.7 Å². The van der Waals surface area contributed by atoms with E-state index in [1.54, 1.807) is 6.08 Å². The standard InChI is InChI=1S/C10H17BO4S/c1-9(2)10(3,4)15-11(14-9)8-5-6-16(12,13)7-8/h5H,6-7H2,1-4H3. The van der Waals surface area contributed by atoms with Crippen LogP contribution in [0.4, 0.5) is 0 Å². The Kier molecular flexibility index (Phi) is 2.53. The van der Waals surface area contributed by atoms with Gasteiger partial charge in [0.25, 0.3) is 0 Å². The molecule has 2 aliphatic heterocycles. The summed E-state index contributed by atoms with van der Waals surface area (Å²) in [5, 5.41) is 0. The number of rotatable bonds is 1. The predicted octanol–water partition coefficient (Wildman–Crippen LogP) is 0.973. The molecule has 2 rings (SSSR count). The molecule has 0 amide bonds. The third-order valence-electron chi connectivity index (χ3n) is 3.54. The maximum atomic E-state index is 11.4. The summed E-state index contributed by atoms with van der Waals surface area (Å²) in [5.41, 5.74) is -0.0888. The van der Waals surface area contributed by atoms with E-state index in [0.717, 1.165) is 5.47 Å². The lowest BCUT2D eigenvalue weighted by molar-refractivity contribution is 0.00578. The Morgan fingerprint density at radius 1 is 1.19 bits per heavy atom. The van der Waals surface area contributed by atoms with E-state index in [1.165, 1.54) is 0 Å². The summed E-state index contributed by atoms with van der Waals surface area (Å²) in [7, 11) is -3.47. The topological polar surface area (TPSA) is 52.6 Å². The fraction of sp³-hybridized carbons (Fsp3) is 0.800. The predicted molar refractivity (Wildman–Crippen MR) is 62.8 cm³/mol. The fourth-order valence-corrected chi connectivity index (χ4v) is 3.11. The van der Waals surface area contributed by atoms with Gasteiger partial charge in [-0.05, 0) is 33.2 Å². The van der Waals surface area contributed by atoms with E-state index in [0.29, 0.717) is 0 Å². The van der Waals surface area contributed by atoms with Gasteiger partial charge < -0.3 is 9.31 Å². The lowest BCUT2D eigenvalue weighted by Gasteiger charge is -2.32. The van der Waals surface area contributed by atoms with Crippen molar-refractivity contribution in [3.63, 3.8) is 0 Å². The molecule has 0 atom stereocenters. The summed E-state index contributed by atoms with van der Waals surface area (Å²) in [6.07, 6.45) is 1.71. The van der Waals surface area contributed by atoms with Gasteiger partial charge in [-0.2, -0.15) is 0 Å².